The molecule has 0 radical (unpaired) electrons. The number of carbonyl (C=O) groups is 1. The Kier molecular flexibility index (Phi) is 3.96. The predicted octanol–water partition coefficient (Wildman–Crippen LogP) is 3.97. The van der Waals surface area contributed by atoms with Crippen molar-refractivity contribution in [2.75, 3.05) is 19.4 Å². The first kappa shape index (κ1) is 15.4. The summed E-state index contributed by atoms with van der Waals surface area (Å²) in [6.45, 7) is 1.89. The number of H-pyrrole nitrogens is 1. The van der Waals surface area contributed by atoms with Crippen molar-refractivity contribution in [1.29, 1.82) is 0 Å². The lowest BCUT2D eigenvalue weighted by molar-refractivity contribution is 0.0829. The Labute approximate surface area is 139 Å². The molecule has 0 saturated carbocycles. The summed E-state index contributed by atoms with van der Waals surface area (Å²) < 4.78 is 0. The predicted molar refractivity (Wildman–Crippen MR) is 93.6 cm³/mol. The smallest absolute Gasteiger partial charge is 0.255 e. The van der Waals surface area contributed by atoms with Crippen LogP contribution in [0.5, 0.6) is 0 Å². The minimum absolute atomic E-state index is 0.0252. The van der Waals surface area contributed by atoms with Gasteiger partial charge in [-0.2, -0.15) is 0 Å². The number of anilines is 2. The molecule has 0 unspecified atom stereocenters. The van der Waals surface area contributed by atoms with Crippen molar-refractivity contribution in [2.45, 2.75) is 6.92 Å². The zero-order valence-electron chi connectivity index (χ0n) is 13.1. The van der Waals surface area contributed by atoms with Gasteiger partial charge in [0.2, 0.25) is 0 Å². The Morgan fingerprint density at radius 3 is 2.74 bits per heavy atom. The number of amides is 1. The van der Waals surface area contributed by atoms with Gasteiger partial charge < -0.3 is 15.2 Å². The highest BCUT2D eigenvalue weighted by molar-refractivity contribution is 6.32. The number of hydrogen-bond acceptors (Lipinski definition) is 3. The highest BCUT2D eigenvalue weighted by Gasteiger charge is 2.14. The van der Waals surface area contributed by atoms with Crippen LogP contribution >= 0.6 is 11.6 Å². The molecule has 2 heterocycles. The maximum absolute atomic E-state index is 12.1. The van der Waals surface area contributed by atoms with Gasteiger partial charge in [0.15, 0.2) is 5.15 Å². The van der Waals surface area contributed by atoms with Gasteiger partial charge in [0.25, 0.3) is 5.91 Å². The summed E-state index contributed by atoms with van der Waals surface area (Å²) in [4.78, 5) is 21.1. The lowest BCUT2D eigenvalue weighted by atomic mass is 10.1. The lowest BCUT2D eigenvalue weighted by Gasteiger charge is -2.10. The maximum Gasteiger partial charge on any atom is 0.255 e. The molecule has 0 fully saturated rings. The van der Waals surface area contributed by atoms with E-state index in [-0.39, 0.29) is 5.91 Å². The topological polar surface area (TPSA) is 61.0 Å². The molecule has 1 aromatic carbocycles. The van der Waals surface area contributed by atoms with Crippen molar-refractivity contribution in [2.24, 2.45) is 0 Å². The molecule has 0 aliphatic rings. The van der Waals surface area contributed by atoms with Crippen molar-refractivity contribution in [3.8, 4) is 0 Å². The molecule has 2 aromatic heterocycles. The number of rotatable bonds is 3. The van der Waals surface area contributed by atoms with Crippen LogP contribution < -0.4 is 5.32 Å². The molecule has 3 aromatic rings. The van der Waals surface area contributed by atoms with E-state index in [0.29, 0.717) is 10.7 Å². The van der Waals surface area contributed by atoms with Gasteiger partial charge in [0.05, 0.1) is 11.3 Å². The van der Waals surface area contributed by atoms with Crippen LogP contribution in [0.1, 0.15) is 16.1 Å². The largest absolute Gasteiger partial charge is 0.360 e. The number of aromatic amines is 1. The maximum atomic E-state index is 12.1. The summed E-state index contributed by atoms with van der Waals surface area (Å²) in [7, 11) is 3.48. The highest BCUT2D eigenvalue weighted by atomic mass is 35.5. The second-order valence-electron chi connectivity index (χ2n) is 5.58. The first-order valence-electron chi connectivity index (χ1n) is 7.18. The summed E-state index contributed by atoms with van der Waals surface area (Å²) in [5, 5.41) is 4.56. The second kappa shape index (κ2) is 5.93. The normalized spacial score (nSPS) is 10.8. The summed E-state index contributed by atoms with van der Waals surface area (Å²) in [6.07, 6.45) is 1.73. The van der Waals surface area contributed by atoms with Crippen LogP contribution in [0.3, 0.4) is 0 Å². The van der Waals surface area contributed by atoms with Gasteiger partial charge >= 0.3 is 0 Å². The molecule has 0 saturated heterocycles. The van der Waals surface area contributed by atoms with Crippen LogP contribution in [0.25, 0.3) is 10.9 Å². The Balaban J connectivity index is 1.93. The molecule has 0 bridgehead atoms. The average molecular weight is 329 g/mol. The van der Waals surface area contributed by atoms with Crippen LogP contribution in [0.15, 0.2) is 36.5 Å². The molecule has 23 heavy (non-hydrogen) atoms. The van der Waals surface area contributed by atoms with Gasteiger partial charge in [0, 0.05) is 42.6 Å². The van der Waals surface area contributed by atoms with E-state index in [4.69, 9.17) is 11.6 Å². The van der Waals surface area contributed by atoms with Crippen molar-refractivity contribution in [3.63, 3.8) is 0 Å². The number of benzene rings is 1. The van der Waals surface area contributed by atoms with Crippen LogP contribution in [0, 0.1) is 6.92 Å². The number of carbonyl (C=O) groups excluding carboxylic acids is 1. The fraction of sp³-hybridized carbons (Fsp3) is 0.176. The van der Waals surface area contributed by atoms with Gasteiger partial charge in [-0.15, -0.1) is 0 Å². The third-order valence-electron chi connectivity index (χ3n) is 3.59. The third kappa shape index (κ3) is 3.00. The zero-order chi connectivity index (χ0) is 16.6. The van der Waals surface area contributed by atoms with E-state index < -0.39 is 0 Å². The van der Waals surface area contributed by atoms with E-state index >= 15 is 0 Å². The minimum Gasteiger partial charge on any atom is -0.360 e. The summed E-state index contributed by atoms with van der Waals surface area (Å²) in [6, 6.07) is 9.57. The Bertz CT molecular complexity index is 885. The van der Waals surface area contributed by atoms with Gasteiger partial charge in [-0.25, -0.2) is 4.98 Å². The molecule has 0 aliphatic carbocycles. The van der Waals surface area contributed by atoms with Crippen molar-refractivity contribution < 1.29 is 4.79 Å². The van der Waals surface area contributed by atoms with E-state index in [1.54, 1.807) is 25.2 Å². The van der Waals surface area contributed by atoms with Crippen molar-refractivity contribution in [3.05, 3.63) is 52.9 Å². The molecule has 6 heteroatoms. The number of aryl methyl sites for hydroxylation is 1. The molecular formula is C17H17ClN4O. The summed E-state index contributed by atoms with van der Waals surface area (Å²) in [5.41, 5.74) is 4.03. The van der Waals surface area contributed by atoms with E-state index in [1.807, 2.05) is 37.3 Å². The highest BCUT2D eigenvalue weighted by Crippen LogP contribution is 2.27. The number of pyridine rings is 1. The molecule has 1 amide bonds. The van der Waals surface area contributed by atoms with Gasteiger partial charge in [0.1, 0.15) is 0 Å². The standard InChI is InChI=1S/C17H17ClN4O/c1-10-4-7-14(16(18)20-10)21-11-5-6-12-13(17(23)22(2)3)9-19-15(12)8-11/h4-9,19,21H,1-3H3. The van der Waals surface area contributed by atoms with Crippen LogP contribution in [0.4, 0.5) is 11.4 Å². The van der Waals surface area contributed by atoms with Crippen LogP contribution in [0.2, 0.25) is 5.15 Å². The van der Waals surface area contributed by atoms with Crippen LogP contribution in [-0.4, -0.2) is 34.9 Å². The van der Waals surface area contributed by atoms with E-state index in [9.17, 15) is 4.79 Å². The quantitative estimate of drug-likeness (QED) is 0.715. The Morgan fingerprint density at radius 1 is 1.26 bits per heavy atom. The minimum atomic E-state index is -0.0252. The second-order valence-corrected chi connectivity index (χ2v) is 5.94. The zero-order valence-corrected chi connectivity index (χ0v) is 13.9. The van der Waals surface area contributed by atoms with Crippen LogP contribution in [-0.2, 0) is 0 Å². The number of fused-ring (bicyclic) bond motifs is 1. The summed E-state index contributed by atoms with van der Waals surface area (Å²) >= 11 is 6.15. The molecule has 0 spiro atoms. The number of hydrogen-bond donors (Lipinski definition) is 2. The third-order valence-corrected chi connectivity index (χ3v) is 3.87. The van der Waals surface area contributed by atoms with Gasteiger partial charge in [-0.05, 0) is 37.3 Å². The molecule has 0 atom stereocenters. The monoisotopic (exact) mass is 328 g/mol. The first-order chi connectivity index (χ1) is 11.0. The number of nitrogens with zero attached hydrogens (tertiary/aromatic N) is 2. The Hall–Kier alpha value is -2.53. The van der Waals surface area contributed by atoms with Crippen molar-refractivity contribution in [1.82, 2.24) is 14.9 Å². The van der Waals surface area contributed by atoms with E-state index in [2.05, 4.69) is 15.3 Å². The number of aromatic nitrogens is 2. The first-order valence-corrected chi connectivity index (χ1v) is 7.56. The molecule has 3 rings (SSSR count). The molecule has 2 N–H and O–H groups in total. The fourth-order valence-corrected chi connectivity index (χ4v) is 2.64. The average Bonchev–Trinajstić information content (AvgIpc) is 2.92. The SMILES string of the molecule is Cc1ccc(Nc2ccc3c(C(=O)N(C)C)c[nH]c3c2)c(Cl)n1. The lowest BCUT2D eigenvalue weighted by Crippen LogP contribution is -2.21. The van der Waals surface area contributed by atoms with Gasteiger partial charge in [-0.1, -0.05) is 11.6 Å². The summed E-state index contributed by atoms with van der Waals surface area (Å²) in [5.74, 6) is -0.0252. The molecule has 5 nitrogen and oxygen atoms in total. The van der Waals surface area contributed by atoms with E-state index in [1.165, 1.54) is 0 Å². The Morgan fingerprint density at radius 2 is 2.04 bits per heavy atom. The van der Waals surface area contributed by atoms with Gasteiger partial charge in [-0.3, -0.25) is 4.79 Å². The fourth-order valence-electron chi connectivity index (χ4n) is 2.40. The molecular weight excluding hydrogens is 312 g/mol. The molecule has 118 valence electrons. The van der Waals surface area contributed by atoms with E-state index in [0.717, 1.165) is 28.0 Å². The number of nitrogens with one attached hydrogen (secondary N) is 2. The van der Waals surface area contributed by atoms with Crippen molar-refractivity contribution >= 4 is 39.8 Å². The number of halogens is 1. The molecule has 0 aliphatic heterocycles.